The molecule has 0 aliphatic heterocycles. The standard InChI is InChI=1S/C43H63N/c1-9-15-17-22-30-43(31-23-18-16-10-2)39-32-34(41(7,11-3)12-4)26-28-37(39)38-29-27-36(33-40(38)43)44(42(8,13-5)14-6)35-24-20-19-21-25-35/h19-21,24-29,32-33H,9-18,22-23,30-31H2,1-8H3. The Balaban J connectivity index is 1.95. The fraction of sp³-hybridized carbons (Fsp3) is 0.581. The van der Waals surface area contributed by atoms with Crippen LogP contribution < -0.4 is 4.90 Å². The van der Waals surface area contributed by atoms with Crippen molar-refractivity contribution in [3.8, 4) is 11.1 Å². The zero-order chi connectivity index (χ0) is 31.8. The highest BCUT2D eigenvalue weighted by molar-refractivity contribution is 5.84. The van der Waals surface area contributed by atoms with Gasteiger partial charge in [-0.15, -0.1) is 0 Å². The number of anilines is 2. The third-order valence-electron chi connectivity index (χ3n) is 11.9. The maximum atomic E-state index is 2.68. The van der Waals surface area contributed by atoms with Gasteiger partial charge in [-0.2, -0.15) is 0 Å². The molecule has 0 N–H and O–H groups in total. The summed E-state index contributed by atoms with van der Waals surface area (Å²) in [6.07, 6.45) is 17.6. The van der Waals surface area contributed by atoms with E-state index in [4.69, 9.17) is 0 Å². The lowest BCUT2D eigenvalue weighted by Gasteiger charge is -2.43. The van der Waals surface area contributed by atoms with E-state index in [9.17, 15) is 0 Å². The first-order chi connectivity index (χ1) is 21.3. The Morgan fingerprint density at radius 3 is 1.61 bits per heavy atom. The van der Waals surface area contributed by atoms with Crippen LogP contribution >= 0.6 is 0 Å². The second kappa shape index (κ2) is 15.2. The summed E-state index contributed by atoms with van der Waals surface area (Å²) < 4.78 is 0. The van der Waals surface area contributed by atoms with Gasteiger partial charge < -0.3 is 4.90 Å². The first kappa shape index (κ1) is 34.3. The van der Waals surface area contributed by atoms with Crippen LogP contribution in [-0.2, 0) is 10.8 Å². The van der Waals surface area contributed by atoms with Crippen molar-refractivity contribution in [3.05, 3.63) is 83.4 Å². The third-order valence-corrected chi connectivity index (χ3v) is 11.9. The van der Waals surface area contributed by atoms with Crippen molar-refractivity contribution in [2.75, 3.05) is 4.90 Å². The summed E-state index contributed by atoms with van der Waals surface area (Å²) in [5.74, 6) is 0. The molecule has 0 radical (unpaired) electrons. The van der Waals surface area contributed by atoms with Crippen molar-refractivity contribution in [2.45, 2.75) is 162 Å². The van der Waals surface area contributed by atoms with E-state index in [2.05, 4.69) is 127 Å². The SMILES string of the molecule is CCCCCCC1(CCCCCC)c2cc(N(c3ccccc3)C(C)(CC)CC)ccc2-c2ccc(C(C)(CC)CC)cc21. The highest BCUT2D eigenvalue weighted by Gasteiger charge is 2.44. The molecule has 0 spiro atoms. The normalized spacial score (nSPS) is 14.0. The van der Waals surface area contributed by atoms with Gasteiger partial charge in [0.1, 0.15) is 0 Å². The predicted molar refractivity (Wildman–Crippen MR) is 196 cm³/mol. The topological polar surface area (TPSA) is 3.24 Å². The zero-order valence-electron chi connectivity index (χ0n) is 29.7. The molecule has 4 rings (SSSR count). The number of para-hydroxylation sites is 1. The molecule has 1 aliphatic carbocycles. The summed E-state index contributed by atoms with van der Waals surface area (Å²) in [6, 6.07) is 26.4. The summed E-state index contributed by atoms with van der Waals surface area (Å²) in [7, 11) is 0. The molecule has 0 heterocycles. The van der Waals surface area contributed by atoms with Crippen molar-refractivity contribution >= 4 is 11.4 Å². The van der Waals surface area contributed by atoms with E-state index in [0.29, 0.717) is 0 Å². The lowest BCUT2D eigenvalue weighted by molar-refractivity contribution is 0.397. The van der Waals surface area contributed by atoms with Gasteiger partial charge in [0, 0.05) is 22.3 Å². The Morgan fingerprint density at radius 2 is 1.09 bits per heavy atom. The predicted octanol–water partition coefficient (Wildman–Crippen LogP) is 13.7. The van der Waals surface area contributed by atoms with Crippen molar-refractivity contribution in [3.63, 3.8) is 0 Å². The lowest BCUT2D eigenvalue weighted by atomic mass is 9.69. The minimum Gasteiger partial charge on any atom is -0.336 e. The van der Waals surface area contributed by atoms with Gasteiger partial charge in [-0.05, 0) is 103 Å². The van der Waals surface area contributed by atoms with Crippen LogP contribution in [0.2, 0.25) is 0 Å². The molecule has 0 fully saturated rings. The van der Waals surface area contributed by atoms with Crippen LogP contribution in [0.3, 0.4) is 0 Å². The first-order valence-electron chi connectivity index (χ1n) is 18.4. The molecule has 1 aliphatic rings. The van der Waals surface area contributed by atoms with Crippen LogP contribution in [0.5, 0.6) is 0 Å². The minimum atomic E-state index is 0.0448. The lowest BCUT2D eigenvalue weighted by Crippen LogP contribution is -2.42. The number of nitrogens with zero attached hydrogens (tertiary/aromatic N) is 1. The van der Waals surface area contributed by atoms with Gasteiger partial charge in [-0.1, -0.05) is 142 Å². The van der Waals surface area contributed by atoms with E-state index in [1.165, 1.54) is 105 Å². The van der Waals surface area contributed by atoms with Crippen LogP contribution in [-0.4, -0.2) is 5.54 Å². The third kappa shape index (κ3) is 6.68. The Hall–Kier alpha value is -2.54. The smallest absolute Gasteiger partial charge is 0.0419 e. The summed E-state index contributed by atoms with van der Waals surface area (Å²) >= 11 is 0. The molecule has 1 heteroatoms. The van der Waals surface area contributed by atoms with Crippen LogP contribution in [0.1, 0.15) is 162 Å². The number of benzene rings is 3. The molecule has 0 bridgehead atoms. The second-order valence-electron chi connectivity index (χ2n) is 14.3. The number of unbranched alkanes of at least 4 members (excludes halogenated alkanes) is 6. The van der Waals surface area contributed by atoms with Gasteiger partial charge in [0.2, 0.25) is 0 Å². The average Bonchev–Trinajstić information content (AvgIpc) is 3.33. The quantitative estimate of drug-likeness (QED) is 0.133. The Kier molecular flexibility index (Phi) is 11.8. The van der Waals surface area contributed by atoms with Crippen LogP contribution in [0.4, 0.5) is 11.4 Å². The Morgan fingerprint density at radius 1 is 0.545 bits per heavy atom. The van der Waals surface area contributed by atoms with Crippen molar-refractivity contribution < 1.29 is 0 Å². The average molecular weight is 594 g/mol. The van der Waals surface area contributed by atoms with Gasteiger partial charge >= 0.3 is 0 Å². The number of rotatable bonds is 18. The number of hydrogen-bond donors (Lipinski definition) is 0. The summed E-state index contributed by atoms with van der Waals surface area (Å²) in [6.45, 7) is 19.1. The van der Waals surface area contributed by atoms with E-state index in [-0.39, 0.29) is 16.4 Å². The maximum absolute atomic E-state index is 2.68. The van der Waals surface area contributed by atoms with Crippen molar-refractivity contribution in [1.82, 2.24) is 0 Å². The molecule has 0 aromatic heterocycles. The second-order valence-corrected chi connectivity index (χ2v) is 14.3. The van der Waals surface area contributed by atoms with Crippen LogP contribution in [0, 0.1) is 0 Å². The molecule has 1 nitrogen and oxygen atoms in total. The molecule has 0 unspecified atom stereocenters. The van der Waals surface area contributed by atoms with Crippen LogP contribution in [0.15, 0.2) is 66.7 Å². The molecule has 0 amide bonds. The largest absolute Gasteiger partial charge is 0.336 e. The van der Waals surface area contributed by atoms with E-state index in [1.807, 2.05) is 0 Å². The van der Waals surface area contributed by atoms with Gasteiger partial charge in [0.25, 0.3) is 0 Å². The van der Waals surface area contributed by atoms with E-state index >= 15 is 0 Å². The fourth-order valence-electron chi connectivity index (χ4n) is 7.94. The molecule has 0 saturated carbocycles. The molecular formula is C43H63N. The summed E-state index contributed by atoms with van der Waals surface area (Å²) in [5, 5.41) is 0. The van der Waals surface area contributed by atoms with Gasteiger partial charge in [0.05, 0.1) is 0 Å². The molecular weight excluding hydrogens is 530 g/mol. The van der Waals surface area contributed by atoms with E-state index < -0.39 is 0 Å². The zero-order valence-corrected chi connectivity index (χ0v) is 29.7. The first-order valence-corrected chi connectivity index (χ1v) is 18.4. The van der Waals surface area contributed by atoms with Crippen molar-refractivity contribution in [1.29, 1.82) is 0 Å². The van der Waals surface area contributed by atoms with Crippen LogP contribution in [0.25, 0.3) is 11.1 Å². The fourth-order valence-corrected chi connectivity index (χ4v) is 7.94. The monoisotopic (exact) mass is 593 g/mol. The highest BCUT2D eigenvalue weighted by atomic mass is 15.2. The van der Waals surface area contributed by atoms with Gasteiger partial charge in [-0.3, -0.25) is 0 Å². The summed E-state index contributed by atoms with van der Waals surface area (Å²) in [5.41, 5.74) is 10.7. The maximum Gasteiger partial charge on any atom is 0.0419 e. The van der Waals surface area contributed by atoms with Gasteiger partial charge in [-0.25, -0.2) is 0 Å². The van der Waals surface area contributed by atoms with E-state index in [0.717, 1.165) is 12.8 Å². The summed E-state index contributed by atoms with van der Waals surface area (Å²) in [4.78, 5) is 2.66. The molecule has 44 heavy (non-hydrogen) atoms. The van der Waals surface area contributed by atoms with Crippen molar-refractivity contribution in [2.24, 2.45) is 0 Å². The Labute approximate surface area is 271 Å². The number of fused-ring (bicyclic) bond motifs is 3. The Bertz CT molecular complexity index is 1300. The van der Waals surface area contributed by atoms with Gasteiger partial charge in [0.15, 0.2) is 0 Å². The minimum absolute atomic E-state index is 0.0448. The molecule has 3 aromatic rings. The molecule has 0 atom stereocenters. The molecule has 3 aromatic carbocycles. The molecule has 0 saturated heterocycles. The van der Waals surface area contributed by atoms with E-state index in [1.54, 1.807) is 11.1 Å². The highest BCUT2D eigenvalue weighted by Crippen LogP contribution is 2.56. The number of hydrogen-bond acceptors (Lipinski definition) is 1. The molecule has 240 valence electrons.